The quantitative estimate of drug-likeness (QED) is 0.851. The lowest BCUT2D eigenvalue weighted by atomic mass is 9.92. The minimum absolute atomic E-state index is 0.363. The van der Waals surface area contributed by atoms with Crippen LogP contribution in [0.3, 0.4) is 0 Å². The van der Waals surface area contributed by atoms with Gasteiger partial charge in [-0.3, -0.25) is 0 Å². The first-order valence-corrected chi connectivity index (χ1v) is 6.61. The van der Waals surface area contributed by atoms with Gasteiger partial charge in [-0.15, -0.1) is 0 Å². The van der Waals surface area contributed by atoms with Crippen molar-refractivity contribution >= 4 is 23.2 Å². The highest BCUT2D eigenvalue weighted by Gasteiger charge is 2.19. The SMILES string of the molecule is CC(CNC1CCC1)c1c(Cl)cccc1Cl. The zero-order chi connectivity index (χ0) is 11.5. The van der Waals surface area contributed by atoms with E-state index in [2.05, 4.69) is 12.2 Å². The van der Waals surface area contributed by atoms with E-state index in [1.54, 1.807) is 0 Å². The predicted octanol–water partition coefficient (Wildman–Crippen LogP) is 4.24. The van der Waals surface area contributed by atoms with Gasteiger partial charge in [-0.25, -0.2) is 0 Å². The molecule has 0 aromatic heterocycles. The van der Waals surface area contributed by atoms with Gasteiger partial charge in [-0.2, -0.15) is 0 Å². The van der Waals surface area contributed by atoms with Crippen molar-refractivity contribution in [1.82, 2.24) is 5.32 Å². The highest BCUT2D eigenvalue weighted by molar-refractivity contribution is 6.36. The van der Waals surface area contributed by atoms with Crippen LogP contribution in [0.1, 0.15) is 37.7 Å². The molecule has 1 aromatic carbocycles. The Kier molecular flexibility index (Phi) is 4.12. The van der Waals surface area contributed by atoms with Crippen molar-refractivity contribution in [2.24, 2.45) is 0 Å². The molecule has 1 saturated carbocycles. The molecule has 0 radical (unpaired) electrons. The molecule has 16 heavy (non-hydrogen) atoms. The Hall–Kier alpha value is -0.240. The van der Waals surface area contributed by atoms with E-state index in [9.17, 15) is 0 Å². The monoisotopic (exact) mass is 257 g/mol. The molecule has 0 spiro atoms. The molecule has 1 aliphatic carbocycles. The number of benzene rings is 1. The number of hydrogen-bond donors (Lipinski definition) is 1. The van der Waals surface area contributed by atoms with Crippen molar-refractivity contribution in [3.63, 3.8) is 0 Å². The van der Waals surface area contributed by atoms with Crippen molar-refractivity contribution < 1.29 is 0 Å². The molecule has 1 aliphatic rings. The maximum absolute atomic E-state index is 6.18. The van der Waals surface area contributed by atoms with E-state index in [-0.39, 0.29) is 0 Å². The van der Waals surface area contributed by atoms with E-state index in [4.69, 9.17) is 23.2 Å². The summed E-state index contributed by atoms with van der Waals surface area (Å²) in [7, 11) is 0. The first kappa shape index (κ1) is 12.2. The topological polar surface area (TPSA) is 12.0 Å². The summed E-state index contributed by atoms with van der Waals surface area (Å²) in [5.41, 5.74) is 1.07. The molecular weight excluding hydrogens is 241 g/mol. The van der Waals surface area contributed by atoms with E-state index in [1.807, 2.05) is 18.2 Å². The number of hydrogen-bond acceptors (Lipinski definition) is 1. The van der Waals surface area contributed by atoms with E-state index in [0.29, 0.717) is 12.0 Å². The third-order valence-corrected chi connectivity index (χ3v) is 3.97. The zero-order valence-corrected chi connectivity index (χ0v) is 11.0. The van der Waals surface area contributed by atoms with Crippen LogP contribution in [-0.4, -0.2) is 12.6 Å². The molecule has 0 amide bonds. The largest absolute Gasteiger partial charge is 0.313 e. The molecule has 1 atom stereocenters. The van der Waals surface area contributed by atoms with Gasteiger partial charge >= 0.3 is 0 Å². The lowest BCUT2D eigenvalue weighted by molar-refractivity contribution is 0.334. The predicted molar refractivity (Wildman–Crippen MR) is 70.5 cm³/mol. The van der Waals surface area contributed by atoms with Gasteiger partial charge in [0.2, 0.25) is 0 Å². The lowest BCUT2D eigenvalue weighted by Crippen LogP contribution is -2.37. The summed E-state index contributed by atoms with van der Waals surface area (Å²) < 4.78 is 0. The van der Waals surface area contributed by atoms with Gasteiger partial charge in [0, 0.05) is 22.6 Å². The smallest absolute Gasteiger partial charge is 0.0456 e. The standard InChI is InChI=1S/C13H17Cl2N/c1-9(8-16-10-4-2-5-10)13-11(14)6-3-7-12(13)15/h3,6-7,9-10,16H,2,4-5,8H2,1H3. The summed E-state index contributed by atoms with van der Waals surface area (Å²) >= 11 is 12.4. The number of rotatable bonds is 4. The molecule has 1 unspecified atom stereocenters. The van der Waals surface area contributed by atoms with Crippen molar-refractivity contribution in [2.75, 3.05) is 6.54 Å². The van der Waals surface area contributed by atoms with E-state index in [0.717, 1.165) is 22.2 Å². The van der Waals surface area contributed by atoms with E-state index >= 15 is 0 Å². The van der Waals surface area contributed by atoms with Crippen LogP contribution >= 0.6 is 23.2 Å². The minimum Gasteiger partial charge on any atom is -0.313 e. The van der Waals surface area contributed by atoms with Crippen LogP contribution in [0.2, 0.25) is 10.0 Å². The van der Waals surface area contributed by atoms with Gasteiger partial charge in [-0.05, 0) is 36.5 Å². The molecule has 1 aromatic rings. The summed E-state index contributed by atoms with van der Waals surface area (Å²) in [6.45, 7) is 3.12. The first-order chi connectivity index (χ1) is 7.68. The molecule has 0 bridgehead atoms. The molecule has 88 valence electrons. The fourth-order valence-corrected chi connectivity index (χ4v) is 2.81. The van der Waals surface area contributed by atoms with Crippen LogP contribution in [0, 0.1) is 0 Å². The van der Waals surface area contributed by atoms with Gasteiger partial charge in [0.1, 0.15) is 0 Å². The Labute approximate surface area is 107 Å². The van der Waals surface area contributed by atoms with Crippen LogP contribution in [0.25, 0.3) is 0 Å². The van der Waals surface area contributed by atoms with Crippen LogP contribution in [-0.2, 0) is 0 Å². The van der Waals surface area contributed by atoms with Crippen molar-refractivity contribution in [1.29, 1.82) is 0 Å². The molecule has 1 nitrogen and oxygen atoms in total. The molecule has 0 heterocycles. The van der Waals surface area contributed by atoms with Gasteiger partial charge in [0.25, 0.3) is 0 Å². The molecule has 0 aliphatic heterocycles. The van der Waals surface area contributed by atoms with Crippen LogP contribution < -0.4 is 5.32 Å². The maximum atomic E-state index is 6.18. The van der Waals surface area contributed by atoms with E-state index in [1.165, 1.54) is 19.3 Å². The summed E-state index contributed by atoms with van der Waals surface area (Å²) in [4.78, 5) is 0. The second-order valence-electron chi connectivity index (χ2n) is 4.57. The van der Waals surface area contributed by atoms with Gasteiger partial charge in [-0.1, -0.05) is 42.6 Å². The maximum Gasteiger partial charge on any atom is 0.0456 e. The fraction of sp³-hybridized carbons (Fsp3) is 0.538. The van der Waals surface area contributed by atoms with Crippen molar-refractivity contribution in [3.8, 4) is 0 Å². The Morgan fingerprint density at radius 3 is 2.44 bits per heavy atom. The Bertz CT molecular complexity index is 341. The molecule has 3 heteroatoms. The van der Waals surface area contributed by atoms with Crippen molar-refractivity contribution in [3.05, 3.63) is 33.8 Å². The van der Waals surface area contributed by atoms with Gasteiger partial charge in [0.15, 0.2) is 0 Å². The summed E-state index contributed by atoms with van der Waals surface area (Å²) in [5.74, 6) is 0.363. The third kappa shape index (κ3) is 2.71. The highest BCUT2D eigenvalue weighted by Crippen LogP contribution is 2.31. The normalized spacial score (nSPS) is 18.2. The second kappa shape index (κ2) is 5.39. The zero-order valence-electron chi connectivity index (χ0n) is 9.47. The Morgan fingerprint density at radius 2 is 1.94 bits per heavy atom. The van der Waals surface area contributed by atoms with Crippen LogP contribution in [0.5, 0.6) is 0 Å². The second-order valence-corrected chi connectivity index (χ2v) is 5.39. The Morgan fingerprint density at radius 1 is 1.31 bits per heavy atom. The summed E-state index contributed by atoms with van der Waals surface area (Å²) in [5, 5.41) is 5.10. The Balaban J connectivity index is 1.98. The van der Waals surface area contributed by atoms with Gasteiger partial charge < -0.3 is 5.32 Å². The highest BCUT2D eigenvalue weighted by atomic mass is 35.5. The van der Waals surface area contributed by atoms with Crippen molar-refractivity contribution in [2.45, 2.75) is 38.1 Å². The average molecular weight is 258 g/mol. The third-order valence-electron chi connectivity index (χ3n) is 3.31. The molecular formula is C13H17Cl2N. The number of halogens is 2. The number of nitrogens with one attached hydrogen (secondary N) is 1. The fourth-order valence-electron chi connectivity index (χ4n) is 2.04. The molecule has 1 N–H and O–H groups in total. The minimum atomic E-state index is 0.363. The van der Waals surface area contributed by atoms with E-state index < -0.39 is 0 Å². The summed E-state index contributed by atoms with van der Waals surface area (Å²) in [6, 6.07) is 6.41. The first-order valence-electron chi connectivity index (χ1n) is 5.85. The average Bonchev–Trinajstić information content (AvgIpc) is 2.15. The summed E-state index contributed by atoms with van der Waals surface area (Å²) in [6.07, 6.45) is 3.98. The van der Waals surface area contributed by atoms with Gasteiger partial charge in [0.05, 0.1) is 0 Å². The molecule has 2 rings (SSSR count). The van der Waals surface area contributed by atoms with Crippen LogP contribution in [0.15, 0.2) is 18.2 Å². The molecule has 1 fully saturated rings. The lowest BCUT2D eigenvalue weighted by Gasteiger charge is -2.28. The molecule has 0 saturated heterocycles. The van der Waals surface area contributed by atoms with Crippen LogP contribution in [0.4, 0.5) is 0 Å².